The highest BCUT2D eigenvalue weighted by Gasteiger charge is 2.08. The molecule has 0 saturated heterocycles. The summed E-state index contributed by atoms with van der Waals surface area (Å²) in [5.41, 5.74) is 2.35. The van der Waals surface area contributed by atoms with Crippen LogP contribution >= 0.6 is 15.9 Å². The van der Waals surface area contributed by atoms with E-state index in [1.54, 1.807) is 6.33 Å². The minimum absolute atomic E-state index is 0.753. The molecule has 1 heterocycles. The van der Waals surface area contributed by atoms with Gasteiger partial charge in [-0.05, 0) is 31.0 Å². The Hall–Kier alpha value is -1.62. The van der Waals surface area contributed by atoms with Gasteiger partial charge in [-0.2, -0.15) is 0 Å². The number of nitrogens with one attached hydrogen (secondary N) is 2. The average Bonchev–Trinajstić information content (AvgIpc) is 2.47. The Kier molecular flexibility index (Phi) is 5.35. The minimum atomic E-state index is 0.753. The largest absolute Gasteiger partial charge is 0.370 e. The summed E-state index contributed by atoms with van der Waals surface area (Å²) in [5.74, 6) is 1.82. The second kappa shape index (κ2) is 7.24. The predicted molar refractivity (Wildman–Crippen MR) is 87.0 cm³/mol. The zero-order chi connectivity index (χ0) is 14.4. The Balaban J connectivity index is 2.12. The predicted octanol–water partition coefficient (Wildman–Crippen LogP) is 3.85. The van der Waals surface area contributed by atoms with Gasteiger partial charge in [-0.1, -0.05) is 35.0 Å². The van der Waals surface area contributed by atoms with E-state index in [-0.39, 0.29) is 0 Å². The fourth-order valence-electron chi connectivity index (χ4n) is 2.01. The highest BCUT2D eigenvalue weighted by molar-refractivity contribution is 9.10. The first kappa shape index (κ1) is 14.8. The van der Waals surface area contributed by atoms with Gasteiger partial charge in [0.15, 0.2) is 0 Å². The molecule has 0 atom stereocenters. The van der Waals surface area contributed by atoms with E-state index in [4.69, 9.17) is 0 Å². The van der Waals surface area contributed by atoms with Crippen LogP contribution in [0.1, 0.15) is 25.0 Å². The molecule has 5 heteroatoms. The standard InChI is InChI=1S/C15H19BrN4/c1-3-13-14(17-4-2)19-10-20-15(13)18-9-11-5-7-12(16)8-6-11/h5-8,10H,3-4,9H2,1-2H3,(H2,17,18,19,20). The van der Waals surface area contributed by atoms with E-state index < -0.39 is 0 Å². The molecule has 20 heavy (non-hydrogen) atoms. The van der Waals surface area contributed by atoms with Gasteiger partial charge in [0.05, 0.1) is 0 Å². The van der Waals surface area contributed by atoms with Crippen LogP contribution < -0.4 is 10.6 Å². The lowest BCUT2D eigenvalue weighted by Gasteiger charge is -2.13. The van der Waals surface area contributed by atoms with Crippen LogP contribution in [-0.2, 0) is 13.0 Å². The molecule has 0 fully saturated rings. The first-order chi connectivity index (χ1) is 9.74. The number of hydrogen-bond donors (Lipinski definition) is 2. The van der Waals surface area contributed by atoms with Crippen LogP contribution in [0.25, 0.3) is 0 Å². The van der Waals surface area contributed by atoms with Crippen molar-refractivity contribution in [1.29, 1.82) is 0 Å². The highest BCUT2D eigenvalue weighted by Crippen LogP contribution is 2.21. The molecular formula is C15H19BrN4. The second-order valence-corrected chi connectivity index (χ2v) is 5.33. The Morgan fingerprint density at radius 1 is 1.00 bits per heavy atom. The van der Waals surface area contributed by atoms with Gasteiger partial charge >= 0.3 is 0 Å². The maximum atomic E-state index is 4.35. The van der Waals surface area contributed by atoms with E-state index in [0.29, 0.717) is 0 Å². The lowest BCUT2D eigenvalue weighted by atomic mass is 10.2. The van der Waals surface area contributed by atoms with E-state index in [1.165, 1.54) is 5.56 Å². The molecular weight excluding hydrogens is 316 g/mol. The van der Waals surface area contributed by atoms with E-state index in [1.807, 2.05) is 12.1 Å². The van der Waals surface area contributed by atoms with Crippen LogP contribution in [0.3, 0.4) is 0 Å². The van der Waals surface area contributed by atoms with Gasteiger partial charge in [-0.3, -0.25) is 0 Å². The highest BCUT2D eigenvalue weighted by atomic mass is 79.9. The van der Waals surface area contributed by atoms with Crippen LogP contribution in [0.2, 0.25) is 0 Å². The van der Waals surface area contributed by atoms with E-state index in [0.717, 1.165) is 41.2 Å². The Bertz CT molecular complexity index is 554. The topological polar surface area (TPSA) is 49.8 Å². The normalized spacial score (nSPS) is 10.3. The number of benzene rings is 1. The molecule has 0 aliphatic rings. The van der Waals surface area contributed by atoms with E-state index in [9.17, 15) is 0 Å². The molecule has 0 spiro atoms. The number of aromatic nitrogens is 2. The Morgan fingerprint density at radius 2 is 1.65 bits per heavy atom. The van der Waals surface area contributed by atoms with Crippen molar-refractivity contribution in [1.82, 2.24) is 9.97 Å². The van der Waals surface area contributed by atoms with Crippen LogP contribution in [-0.4, -0.2) is 16.5 Å². The van der Waals surface area contributed by atoms with Crippen molar-refractivity contribution in [2.24, 2.45) is 0 Å². The maximum Gasteiger partial charge on any atom is 0.134 e. The third-order valence-corrected chi connectivity index (χ3v) is 3.55. The van der Waals surface area contributed by atoms with Gasteiger partial charge in [0, 0.05) is 23.1 Å². The summed E-state index contributed by atoms with van der Waals surface area (Å²) in [6, 6.07) is 8.27. The van der Waals surface area contributed by atoms with Crippen LogP contribution in [0, 0.1) is 0 Å². The summed E-state index contributed by atoms with van der Waals surface area (Å²) in [6.07, 6.45) is 2.49. The zero-order valence-electron chi connectivity index (χ0n) is 11.8. The number of hydrogen-bond acceptors (Lipinski definition) is 4. The summed E-state index contributed by atoms with van der Waals surface area (Å²) in [7, 11) is 0. The minimum Gasteiger partial charge on any atom is -0.370 e. The maximum absolute atomic E-state index is 4.35. The van der Waals surface area contributed by atoms with Gasteiger partial charge < -0.3 is 10.6 Å². The number of rotatable bonds is 6. The first-order valence-electron chi connectivity index (χ1n) is 6.80. The molecule has 1 aromatic carbocycles. The fourth-order valence-corrected chi connectivity index (χ4v) is 2.27. The van der Waals surface area contributed by atoms with Gasteiger partial charge in [0.1, 0.15) is 18.0 Å². The molecule has 0 bridgehead atoms. The molecule has 106 valence electrons. The van der Waals surface area contributed by atoms with Gasteiger partial charge in [0.2, 0.25) is 0 Å². The van der Waals surface area contributed by atoms with Gasteiger partial charge in [0.25, 0.3) is 0 Å². The van der Waals surface area contributed by atoms with Crippen molar-refractivity contribution in [3.8, 4) is 0 Å². The summed E-state index contributed by atoms with van der Waals surface area (Å²) in [5, 5.41) is 6.67. The smallest absolute Gasteiger partial charge is 0.134 e. The van der Waals surface area contributed by atoms with Gasteiger partial charge in [-0.15, -0.1) is 0 Å². The number of anilines is 2. The molecule has 1 aromatic heterocycles. The van der Waals surface area contributed by atoms with Crippen LogP contribution in [0.15, 0.2) is 35.1 Å². The van der Waals surface area contributed by atoms with E-state index >= 15 is 0 Å². The lowest BCUT2D eigenvalue weighted by Crippen LogP contribution is -2.09. The third-order valence-electron chi connectivity index (χ3n) is 3.02. The molecule has 0 saturated carbocycles. The van der Waals surface area contributed by atoms with Crippen LogP contribution in [0.5, 0.6) is 0 Å². The van der Waals surface area contributed by atoms with Crippen molar-refractivity contribution in [3.63, 3.8) is 0 Å². The Morgan fingerprint density at radius 3 is 2.25 bits per heavy atom. The lowest BCUT2D eigenvalue weighted by molar-refractivity contribution is 0.999. The molecule has 0 radical (unpaired) electrons. The summed E-state index contributed by atoms with van der Waals surface area (Å²) in [6.45, 7) is 5.79. The Labute approximate surface area is 128 Å². The third kappa shape index (κ3) is 3.70. The summed E-state index contributed by atoms with van der Waals surface area (Å²) < 4.78 is 1.09. The second-order valence-electron chi connectivity index (χ2n) is 4.41. The number of nitrogens with zero attached hydrogens (tertiary/aromatic N) is 2. The zero-order valence-corrected chi connectivity index (χ0v) is 13.4. The molecule has 0 unspecified atom stereocenters. The van der Waals surface area contributed by atoms with Gasteiger partial charge in [-0.25, -0.2) is 9.97 Å². The van der Waals surface area contributed by atoms with Crippen LogP contribution in [0.4, 0.5) is 11.6 Å². The van der Waals surface area contributed by atoms with Crippen molar-refractivity contribution >= 4 is 27.6 Å². The van der Waals surface area contributed by atoms with Crippen molar-refractivity contribution in [2.75, 3.05) is 17.2 Å². The van der Waals surface area contributed by atoms with Crippen molar-refractivity contribution < 1.29 is 0 Å². The quantitative estimate of drug-likeness (QED) is 0.842. The fraction of sp³-hybridized carbons (Fsp3) is 0.333. The summed E-state index contributed by atoms with van der Waals surface area (Å²) in [4.78, 5) is 8.65. The SMILES string of the molecule is CCNc1ncnc(NCc2ccc(Br)cc2)c1CC. The van der Waals surface area contributed by atoms with Crippen molar-refractivity contribution in [2.45, 2.75) is 26.8 Å². The molecule has 0 aliphatic heterocycles. The number of halogens is 1. The van der Waals surface area contributed by atoms with Crippen molar-refractivity contribution in [3.05, 3.63) is 46.2 Å². The molecule has 2 N–H and O–H groups in total. The summed E-state index contributed by atoms with van der Waals surface area (Å²) >= 11 is 3.44. The molecule has 4 nitrogen and oxygen atoms in total. The first-order valence-corrected chi connectivity index (χ1v) is 7.60. The van der Waals surface area contributed by atoms with E-state index in [2.05, 4.69) is 62.5 Å². The average molecular weight is 335 g/mol. The molecule has 0 amide bonds. The molecule has 2 rings (SSSR count). The molecule has 2 aromatic rings. The molecule has 0 aliphatic carbocycles. The monoisotopic (exact) mass is 334 g/mol.